The van der Waals surface area contributed by atoms with Gasteiger partial charge in [-0.1, -0.05) is 24.3 Å². The van der Waals surface area contributed by atoms with Gasteiger partial charge in [-0.15, -0.1) is 0 Å². The van der Waals surface area contributed by atoms with Crippen molar-refractivity contribution >= 4 is 5.78 Å². The largest absolute Gasteiger partial charge is 0.385 e. The number of carbonyl (C=O) groups excluding carboxylic acids is 1. The molecule has 2 nitrogen and oxygen atoms in total. The fraction of sp³-hybridized carbons (Fsp3) is 0.500. The summed E-state index contributed by atoms with van der Waals surface area (Å²) in [7, 11) is 0. The molecule has 1 aliphatic rings. The van der Waals surface area contributed by atoms with Gasteiger partial charge < -0.3 is 9.90 Å². The van der Waals surface area contributed by atoms with Gasteiger partial charge in [0.05, 0.1) is 5.60 Å². The number of hydrogen-bond acceptors (Lipinski definition) is 2. The Bertz CT molecular complexity index is 236. The number of rotatable bonds is 2. The Kier molecular flexibility index (Phi) is 2.48. The first-order chi connectivity index (χ1) is 5.52. The van der Waals surface area contributed by atoms with E-state index in [1.165, 1.54) is 0 Å². The summed E-state index contributed by atoms with van der Waals surface area (Å²) >= 11 is 0. The molecular formula is C10H14O2. The highest BCUT2D eigenvalue weighted by Gasteiger charge is 2.29. The predicted molar refractivity (Wildman–Crippen MR) is 47.7 cm³/mol. The Morgan fingerprint density at radius 1 is 1.58 bits per heavy atom. The number of allylic oxidation sites excluding steroid dienone is 2. The van der Waals surface area contributed by atoms with Crippen molar-refractivity contribution in [3.8, 4) is 0 Å². The zero-order chi connectivity index (χ0) is 9.19. The van der Waals surface area contributed by atoms with Crippen molar-refractivity contribution in [3.63, 3.8) is 0 Å². The smallest absolute Gasteiger partial charge is 0.130 e. The van der Waals surface area contributed by atoms with E-state index < -0.39 is 5.60 Å². The highest BCUT2D eigenvalue weighted by Crippen LogP contribution is 2.26. The lowest BCUT2D eigenvalue weighted by Gasteiger charge is -2.29. The van der Waals surface area contributed by atoms with Crippen LogP contribution in [-0.2, 0) is 4.79 Å². The highest BCUT2D eigenvalue weighted by atomic mass is 16.3. The van der Waals surface area contributed by atoms with Gasteiger partial charge >= 0.3 is 0 Å². The van der Waals surface area contributed by atoms with Crippen LogP contribution in [0.3, 0.4) is 0 Å². The van der Waals surface area contributed by atoms with Crippen LogP contribution < -0.4 is 0 Å². The molecule has 0 saturated heterocycles. The topological polar surface area (TPSA) is 37.3 Å². The van der Waals surface area contributed by atoms with Crippen LogP contribution in [-0.4, -0.2) is 16.5 Å². The van der Waals surface area contributed by atoms with Crippen LogP contribution in [0.4, 0.5) is 0 Å². The number of carbonyl (C=O) groups is 1. The summed E-state index contributed by atoms with van der Waals surface area (Å²) in [5.41, 5.74) is -0.861. The molecule has 0 aromatic rings. The summed E-state index contributed by atoms with van der Waals surface area (Å²) in [6.45, 7) is 3.27. The molecule has 12 heavy (non-hydrogen) atoms. The fourth-order valence-corrected chi connectivity index (χ4v) is 1.35. The van der Waals surface area contributed by atoms with Gasteiger partial charge in [0.15, 0.2) is 0 Å². The van der Waals surface area contributed by atoms with E-state index in [9.17, 15) is 9.90 Å². The number of Topliss-reactive ketones (excluding diaryl/α,β-unsaturated/α-hetero) is 1. The maximum Gasteiger partial charge on any atom is 0.130 e. The zero-order valence-corrected chi connectivity index (χ0v) is 7.45. The van der Waals surface area contributed by atoms with Crippen LogP contribution in [0.15, 0.2) is 24.3 Å². The third-order valence-electron chi connectivity index (χ3n) is 2.15. The standard InChI is InChI=1S/C10H14O2/c1-8(11)7-9-5-3-4-6-10(9,2)12/h3-6,9,12H,7H2,1-2H3. The SMILES string of the molecule is CC(=O)CC1C=CC=CC1(C)O. The minimum Gasteiger partial charge on any atom is -0.385 e. The van der Waals surface area contributed by atoms with Crippen molar-refractivity contribution < 1.29 is 9.90 Å². The summed E-state index contributed by atoms with van der Waals surface area (Å²) < 4.78 is 0. The fourth-order valence-electron chi connectivity index (χ4n) is 1.35. The Labute approximate surface area is 72.6 Å². The van der Waals surface area contributed by atoms with E-state index in [2.05, 4.69) is 0 Å². The van der Waals surface area contributed by atoms with Gasteiger partial charge in [-0.2, -0.15) is 0 Å². The normalized spacial score (nSPS) is 33.8. The number of hydrogen-bond donors (Lipinski definition) is 1. The quantitative estimate of drug-likeness (QED) is 0.674. The van der Waals surface area contributed by atoms with Crippen molar-refractivity contribution in [1.82, 2.24) is 0 Å². The molecule has 66 valence electrons. The molecule has 2 heteroatoms. The molecule has 0 aromatic carbocycles. The Morgan fingerprint density at radius 2 is 2.25 bits per heavy atom. The minimum absolute atomic E-state index is 0.0694. The third-order valence-corrected chi connectivity index (χ3v) is 2.15. The lowest BCUT2D eigenvalue weighted by atomic mass is 9.82. The highest BCUT2D eigenvalue weighted by molar-refractivity contribution is 5.76. The molecule has 0 fully saturated rings. The maximum atomic E-state index is 10.8. The monoisotopic (exact) mass is 166 g/mol. The lowest BCUT2D eigenvalue weighted by molar-refractivity contribution is -0.118. The molecule has 0 heterocycles. The molecular weight excluding hydrogens is 152 g/mol. The van der Waals surface area contributed by atoms with Crippen molar-refractivity contribution in [3.05, 3.63) is 24.3 Å². The average Bonchev–Trinajstić information content (AvgIpc) is 1.92. The Morgan fingerprint density at radius 3 is 2.75 bits per heavy atom. The third kappa shape index (κ3) is 2.05. The van der Waals surface area contributed by atoms with E-state index >= 15 is 0 Å². The maximum absolute atomic E-state index is 10.8. The van der Waals surface area contributed by atoms with Crippen molar-refractivity contribution in [1.29, 1.82) is 0 Å². The van der Waals surface area contributed by atoms with Crippen LogP contribution in [0.1, 0.15) is 20.3 Å². The first-order valence-electron chi connectivity index (χ1n) is 4.10. The van der Waals surface area contributed by atoms with E-state index in [0.29, 0.717) is 6.42 Å². The van der Waals surface area contributed by atoms with Gasteiger partial charge in [-0.25, -0.2) is 0 Å². The van der Waals surface area contributed by atoms with Gasteiger partial charge in [0, 0.05) is 12.3 Å². The molecule has 0 spiro atoms. The first-order valence-corrected chi connectivity index (χ1v) is 4.10. The second-order valence-corrected chi connectivity index (χ2v) is 3.48. The molecule has 0 amide bonds. The zero-order valence-electron chi connectivity index (χ0n) is 7.45. The van der Waals surface area contributed by atoms with E-state index in [4.69, 9.17) is 0 Å². The molecule has 1 aliphatic carbocycles. The molecule has 0 aromatic heterocycles. The van der Waals surface area contributed by atoms with E-state index in [-0.39, 0.29) is 11.7 Å². The minimum atomic E-state index is -0.861. The second kappa shape index (κ2) is 3.23. The summed E-state index contributed by atoms with van der Waals surface area (Å²) in [4.78, 5) is 10.8. The molecule has 0 aliphatic heterocycles. The van der Waals surface area contributed by atoms with E-state index in [1.54, 1.807) is 26.0 Å². The van der Waals surface area contributed by atoms with Gasteiger partial charge in [0.25, 0.3) is 0 Å². The van der Waals surface area contributed by atoms with Gasteiger partial charge in [0.1, 0.15) is 5.78 Å². The van der Waals surface area contributed by atoms with Gasteiger partial charge in [-0.3, -0.25) is 0 Å². The Hall–Kier alpha value is -0.890. The second-order valence-electron chi connectivity index (χ2n) is 3.48. The van der Waals surface area contributed by atoms with Crippen molar-refractivity contribution in [2.45, 2.75) is 25.9 Å². The molecule has 1 N–H and O–H groups in total. The molecule has 0 saturated carbocycles. The van der Waals surface area contributed by atoms with Gasteiger partial charge in [0.2, 0.25) is 0 Å². The van der Waals surface area contributed by atoms with Crippen LogP contribution in [0.2, 0.25) is 0 Å². The molecule has 1 rings (SSSR count). The summed E-state index contributed by atoms with van der Waals surface area (Å²) in [6.07, 6.45) is 7.68. The van der Waals surface area contributed by atoms with E-state index in [1.807, 2.05) is 12.2 Å². The first kappa shape index (κ1) is 9.20. The Balaban J connectivity index is 2.70. The van der Waals surface area contributed by atoms with Crippen molar-refractivity contribution in [2.75, 3.05) is 0 Å². The van der Waals surface area contributed by atoms with Gasteiger partial charge in [-0.05, 0) is 13.8 Å². The van der Waals surface area contributed by atoms with E-state index in [0.717, 1.165) is 0 Å². The predicted octanol–water partition coefficient (Wildman–Crippen LogP) is 1.46. The summed E-state index contributed by atoms with van der Waals surface area (Å²) in [5.74, 6) is 0.0419. The average molecular weight is 166 g/mol. The van der Waals surface area contributed by atoms with Crippen LogP contribution in [0.25, 0.3) is 0 Å². The molecule has 2 atom stereocenters. The summed E-state index contributed by atoms with van der Waals surface area (Å²) in [6, 6.07) is 0. The molecule has 0 radical (unpaired) electrons. The van der Waals surface area contributed by atoms with Crippen LogP contribution >= 0.6 is 0 Å². The summed E-state index contributed by atoms with van der Waals surface area (Å²) in [5, 5.41) is 9.79. The van der Waals surface area contributed by atoms with Crippen molar-refractivity contribution in [2.24, 2.45) is 5.92 Å². The lowest BCUT2D eigenvalue weighted by Crippen LogP contribution is -2.33. The molecule has 0 bridgehead atoms. The van der Waals surface area contributed by atoms with Crippen LogP contribution in [0.5, 0.6) is 0 Å². The molecule has 2 unspecified atom stereocenters. The van der Waals surface area contributed by atoms with Crippen LogP contribution in [0, 0.1) is 5.92 Å². The number of aliphatic hydroxyl groups is 1. The number of ketones is 1.